The third-order valence-electron chi connectivity index (χ3n) is 4.89. The number of nitro benzene ring substituents is 2. The van der Waals surface area contributed by atoms with E-state index in [4.69, 9.17) is 0 Å². The second kappa shape index (κ2) is 11.1. The van der Waals surface area contributed by atoms with Gasteiger partial charge < -0.3 is 5.11 Å². The predicted molar refractivity (Wildman–Crippen MR) is 132 cm³/mol. The average Bonchev–Trinajstić information content (AvgIpc) is 3.33. The zero-order valence-electron chi connectivity index (χ0n) is 18.8. The Labute approximate surface area is 212 Å². The summed E-state index contributed by atoms with van der Waals surface area (Å²) in [5.41, 5.74) is 2.99. The van der Waals surface area contributed by atoms with Gasteiger partial charge in [-0.15, -0.1) is 10.2 Å². The van der Waals surface area contributed by atoms with Crippen molar-refractivity contribution in [3.8, 4) is 22.8 Å². The quantitative estimate of drug-likeness (QED) is 0.151. The number of rotatable bonds is 9. The molecule has 0 saturated heterocycles. The van der Waals surface area contributed by atoms with E-state index in [2.05, 4.69) is 20.7 Å². The third-order valence-corrected chi connectivity index (χ3v) is 5.82. The molecule has 0 aliphatic carbocycles. The zero-order valence-corrected chi connectivity index (χ0v) is 19.6. The first-order valence-electron chi connectivity index (χ1n) is 10.5. The normalized spacial score (nSPS) is 10.9. The number of nitrogens with one attached hydrogen (secondary N) is 1. The van der Waals surface area contributed by atoms with Crippen molar-refractivity contribution < 1.29 is 19.7 Å². The maximum absolute atomic E-state index is 12.3. The van der Waals surface area contributed by atoms with E-state index >= 15 is 0 Å². The smallest absolute Gasteiger partial charge is 0.270 e. The van der Waals surface area contributed by atoms with Crippen molar-refractivity contribution in [2.75, 3.05) is 5.75 Å². The van der Waals surface area contributed by atoms with E-state index in [0.29, 0.717) is 22.2 Å². The second-order valence-corrected chi connectivity index (χ2v) is 8.29. The predicted octanol–water partition coefficient (Wildman–Crippen LogP) is 3.07. The first kappa shape index (κ1) is 25.0. The summed E-state index contributed by atoms with van der Waals surface area (Å²) in [5.74, 6) is -0.790. The van der Waals surface area contributed by atoms with Crippen LogP contribution in [0.3, 0.4) is 0 Å². The SMILES string of the molecule is O=C(CSc1nnc(-c2cccc([N+](=O)[O-])c2)n1-c1ccccc1)NN=Cc1cc([N+](=O)[O-])ccc1[O-]. The summed E-state index contributed by atoms with van der Waals surface area (Å²) >= 11 is 1.05. The van der Waals surface area contributed by atoms with Gasteiger partial charge >= 0.3 is 0 Å². The average molecular weight is 518 g/mol. The minimum atomic E-state index is -0.642. The molecule has 0 unspecified atom stereocenters. The molecule has 0 aliphatic heterocycles. The van der Waals surface area contributed by atoms with Crippen LogP contribution in [-0.2, 0) is 4.79 Å². The lowest BCUT2D eigenvalue weighted by Gasteiger charge is -2.10. The van der Waals surface area contributed by atoms with Crippen molar-refractivity contribution >= 4 is 35.3 Å². The molecule has 1 N–H and O–H groups in total. The van der Waals surface area contributed by atoms with Gasteiger partial charge in [0.1, 0.15) is 0 Å². The lowest BCUT2D eigenvalue weighted by Crippen LogP contribution is -2.20. The standard InChI is InChI=1S/C23H17N7O6S/c31-20-10-9-19(30(35)36)12-16(20)13-24-25-21(32)14-37-23-27-26-22(28(23)17-6-2-1-3-7-17)15-5-4-8-18(11-15)29(33)34/h1-13,31H,14H2,(H,25,32)/p-1. The number of hydrogen-bond donors (Lipinski definition) is 1. The van der Waals surface area contributed by atoms with Crippen LogP contribution in [0.25, 0.3) is 17.1 Å². The summed E-state index contributed by atoms with van der Waals surface area (Å²) < 4.78 is 1.67. The van der Waals surface area contributed by atoms with Crippen molar-refractivity contribution in [3.63, 3.8) is 0 Å². The molecule has 0 fully saturated rings. The monoisotopic (exact) mass is 518 g/mol. The number of benzene rings is 3. The Morgan fingerprint density at radius 1 is 0.973 bits per heavy atom. The van der Waals surface area contributed by atoms with Gasteiger partial charge in [-0.05, 0) is 17.7 Å². The van der Waals surface area contributed by atoms with E-state index in [9.17, 15) is 30.1 Å². The topological polar surface area (TPSA) is 182 Å². The van der Waals surface area contributed by atoms with Crippen molar-refractivity contribution in [3.05, 3.63) is 98.6 Å². The van der Waals surface area contributed by atoms with Crippen molar-refractivity contribution in [2.24, 2.45) is 5.10 Å². The number of amides is 1. The molecule has 0 aliphatic rings. The molecule has 0 radical (unpaired) electrons. The molecule has 0 saturated carbocycles. The Kier molecular flexibility index (Phi) is 7.49. The van der Waals surface area contributed by atoms with Crippen LogP contribution < -0.4 is 10.5 Å². The molecule has 4 rings (SSSR count). The number of hydrogen-bond acceptors (Lipinski definition) is 10. The van der Waals surface area contributed by atoms with Gasteiger partial charge in [-0.25, -0.2) is 5.43 Å². The molecular formula is C23H16N7O6S-. The summed E-state index contributed by atoms with van der Waals surface area (Å²) in [6.45, 7) is 0. The van der Waals surface area contributed by atoms with Gasteiger partial charge in [-0.2, -0.15) is 5.10 Å². The van der Waals surface area contributed by atoms with E-state index in [-0.39, 0.29) is 22.7 Å². The van der Waals surface area contributed by atoms with Crippen LogP contribution in [0.15, 0.2) is 83.1 Å². The van der Waals surface area contributed by atoms with Gasteiger partial charge in [0.15, 0.2) is 11.0 Å². The molecule has 14 heteroatoms. The highest BCUT2D eigenvalue weighted by Gasteiger charge is 2.19. The summed E-state index contributed by atoms with van der Waals surface area (Å²) in [7, 11) is 0. The highest BCUT2D eigenvalue weighted by Crippen LogP contribution is 2.29. The van der Waals surface area contributed by atoms with Crippen LogP contribution in [0.1, 0.15) is 5.56 Å². The molecule has 37 heavy (non-hydrogen) atoms. The molecule has 0 bridgehead atoms. The summed E-state index contributed by atoms with van der Waals surface area (Å²) in [4.78, 5) is 33.3. The molecular weight excluding hydrogens is 502 g/mol. The molecule has 186 valence electrons. The molecule has 1 amide bonds. The largest absolute Gasteiger partial charge is 0.872 e. The van der Waals surface area contributed by atoms with Crippen LogP contribution in [-0.4, -0.2) is 42.5 Å². The fourth-order valence-electron chi connectivity index (χ4n) is 3.21. The van der Waals surface area contributed by atoms with Gasteiger partial charge in [0.2, 0.25) is 0 Å². The molecule has 0 atom stereocenters. The number of nitrogens with zero attached hydrogens (tertiary/aromatic N) is 6. The summed E-state index contributed by atoms with van der Waals surface area (Å²) in [6, 6.07) is 18.2. The van der Waals surface area contributed by atoms with Crippen LogP contribution in [0.5, 0.6) is 5.75 Å². The fraction of sp³-hybridized carbons (Fsp3) is 0.0435. The van der Waals surface area contributed by atoms with E-state index in [0.717, 1.165) is 36.2 Å². The van der Waals surface area contributed by atoms with E-state index in [1.54, 1.807) is 41.0 Å². The van der Waals surface area contributed by atoms with Crippen LogP contribution in [0.2, 0.25) is 0 Å². The molecule has 13 nitrogen and oxygen atoms in total. The Morgan fingerprint density at radius 2 is 1.70 bits per heavy atom. The highest BCUT2D eigenvalue weighted by atomic mass is 32.2. The molecule has 4 aromatic rings. The van der Waals surface area contributed by atoms with Gasteiger partial charge in [-0.1, -0.05) is 53.9 Å². The fourth-order valence-corrected chi connectivity index (χ4v) is 3.95. The number of carbonyl (C=O) groups excluding carboxylic acids is 1. The lowest BCUT2D eigenvalue weighted by atomic mass is 10.2. The first-order valence-corrected chi connectivity index (χ1v) is 11.5. The summed E-state index contributed by atoms with van der Waals surface area (Å²) in [5, 5.41) is 46.4. The first-order chi connectivity index (χ1) is 17.8. The third kappa shape index (κ3) is 5.94. The van der Waals surface area contributed by atoms with Crippen molar-refractivity contribution in [1.29, 1.82) is 0 Å². The number of non-ortho nitro benzene ring substituents is 2. The van der Waals surface area contributed by atoms with Crippen molar-refractivity contribution in [2.45, 2.75) is 5.16 Å². The zero-order chi connectivity index (χ0) is 26.4. The minimum absolute atomic E-state index is 0.0485. The Hall–Kier alpha value is -5.11. The number of nitro groups is 2. The van der Waals surface area contributed by atoms with E-state index in [1.165, 1.54) is 12.1 Å². The highest BCUT2D eigenvalue weighted by molar-refractivity contribution is 7.99. The second-order valence-electron chi connectivity index (χ2n) is 7.35. The maximum Gasteiger partial charge on any atom is 0.270 e. The van der Waals surface area contributed by atoms with E-state index < -0.39 is 21.5 Å². The van der Waals surface area contributed by atoms with Gasteiger partial charge in [0.05, 0.1) is 21.8 Å². The number of hydrazone groups is 1. The Morgan fingerprint density at radius 3 is 2.43 bits per heavy atom. The number of aromatic nitrogens is 3. The van der Waals surface area contributed by atoms with Gasteiger partial charge in [0.25, 0.3) is 17.3 Å². The van der Waals surface area contributed by atoms with Gasteiger partial charge in [-0.3, -0.25) is 29.6 Å². The molecule has 3 aromatic carbocycles. The van der Waals surface area contributed by atoms with Crippen molar-refractivity contribution in [1.82, 2.24) is 20.2 Å². The van der Waals surface area contributed by atoms with E-state index in [1.807, 2.05) is 6.07 Å². The Balaban J connectivity index is 1.52. The number of para-hydroxylation sites is 1. The lowest BCUT2D eigenvalue weighted by molar-refractivity contribution is -0.385. The van der Waals surface area contributed by atoms with Crippen LogP contribution in [0, 0.1) is 20.2 Å². The Bertz CT molecular complexity index is 1510. The number of carbonyl (C=O) groups is 1. The molecule has 1 heterocycles. The molecule has 0 spiro atoms. The summed E-state index contributed by atoms with van der Waals surface area (Å²) in [6.07, 6.45) is 1.03. The van der Waals surface area contributed by atoms with Crippen LogP contribution in [0.4, 0.5) is 11.4 Å². The van der Waals surface area contributed by atoms with Gasteiger partial charge in [0, 0.05) is 35.5 Å². The minimum Gasteiger partial charge on any atom is -0.872 e. The molecule has 1 aromatic heterocycles. The van der Waals surface area contributed by atoms with Crippen LogP contribution >= 0.6 is 11.8 Å². The maximum atomic E-state index is 12.3. The number of thioether (sulfide) groups is 1.